The minimum absolute atomic E-state index is 0.147. The van der Waals surface area contributed by atoms with Crippen LogP contribution in [0.15, 0.2) is 36.4 Å². The first-order valence-corrected chi connectivity index (χ1v) is 7.16. The first-order valence-electron chi connectivity index (χ1n) is 6.78. The van der Waals surface area contributed by atoms with Gasteiger partial charge in [-0.1, -0.05) is 35.9 Å². The lowest BCUT2D eigenvalue weighted by Crippen LogP contribution is -2.42. The van der Waals surface area contributed by atoms with Crippen molar-refractivity contribution >= 4 is 17.5 Å². The first-order chi connectivity index (χ1) is 9.04. The van der Waals surface area contributed by atoms with E-state index in [9.17, 15) is 4.79 Å². The number of amides is 1. The summed E-state index contributed by atoms with van der Waals surface area (Å²) in [5.41, 5.74) is 2.11. The summed E-state index contributed by atoms with van der Waals surface area (Å²) in [5.74, 6) is 0.255. The molecule has 0 radical (unpaired) electrons. The summed E-state index contributed by atoms with van der Waals surface area (Å²) in [6.07, 6.45) is 3.55. The molecular weight excluding hydrogens is 258 g/mol. The zero-order valence-electron chi connectivity index (χ0n) is 11.2. The summed E-state index contributed by atoms with van der Waals surface area (Å²) in [6.45, 7) is 6.07. The number of rotatable bonds is 2. The maximum absolute atomic E-state index is 12.3. The van der Waals surface area contributed by atoms with E-state index >= 15 is 0 Å². The summed E-state index contributed by atoms with van der Waals surface area (Å²) in [7, 11) is 0. The van der Waals surface area contributed by atoms with Crippen molar-refractivity contribution in [2.45, 2.75) is 44.2 Å². The summed E-state index contributed by atoms with van der Waals surface area (Å²) < 4.78 is 0. The molecule has 0 saturated carbocycles. The lowest BCUT2D eigenvalue weighted by atomic mass is 9.86. The number of benzene rings is 1. The number of hydrogen-bond donors (Lipinski definition) is 0. The third kappa shape index (κ3) is 1.81. The van der Waals surface area contributed by atoms with Crippen molar-refractivity contribution in [3.8, 4) is 0 Å². The Kier molecular flexibility index (Phi) is 2.94. The van der Waals surface area contributed by atoms with E-state index in [2.05, 4.69) is 17.5 Å². The average Bonchev–Trinajstić information content (AvgIpc) is 2.89. The van der Waals surface area contributed by atoms with Gasteiger partial charge < -0.3 is 4.90 Å². The van der Waals surface area contributed by atoms with Crippen LogP contribution in [0.3, 0.4) is 0 Å². The van der Waals surface area contributed by atoms with Crippen LogP contribution in [-0.2, 0) is 10.3 Å². The number of halogens is 1. The maximum Gasteiger partial charge on any atom is 0.223 e. The second kappa shape index (κ2) is 4.38. The molecule has 1 aromatic carbocycles. The zero-order valence-corrected chi connectivity index (χ0v) is 11.9. The molecular formula is C16H18ClNO. The van der Waals surface area contributed by atoms with Gasteiger partial charge in [-0.3, -0.25) is 4.79 Å². The van der Waals surface area contributed by atoms with E-state index in [1.54, 1.807) is 0 Å². The molecule has 1 aromatic rings. The molecule has 0 spiro atoms. The molecule has 2 fully saturated rings. The molecule has 3 rings (SSSR count). The van der Waals surface area contributed by atoms with Crippen molar-refractivity contribution in [2.24, 2.45) is 0 Å². The molecule has 2 aliphatic heterocycles. The number of nitrogens with zero attached hydrogens (tertiary/aromatic N) is 1. The predicted molar refractivity (Wildman–Crippen MR) is 77.0 cm³/mol. The topological polar surface area (TPSA) is 20.3 Å². The molecule has 100 valence electrons. The molecule has 1 amide bonds. The molecule has 2 atom stereocenters. The summed E-state index contributed by atoms with van der Waals surface area (Å²) >= 11 is 6.12. The van der Waals surface area contributed by atoms with Crippen LogP contribution in [0.5, 0.6) is 0 Å². The first kappa shape index (κ1) is 12.7. The normalized spacial score (nSPS) is 29.7. The Labute approximate surface area is 119 Å². The second-order valence-corrected chi connectivity index (χ2v) is 6.14. The van der Waals surface area contributed by atoms with Crippen LogP contribution in [0.25, 0.3) is 0 Å². The van der Waals surface area contributed by atoms with Gasteiger partial charge in [0.15, 0.2) is 0 Å². The average molecular weight is 276 g/mol. The molecule has 2 aliphatic rings. The highest BCUT2D eigenvalue weighted by Crippen LogP contribution is 2.51. The maximum atomic E-state index is 12.3. The van der Waals surface area contributed by atoms with Gasteiger partial charge in [-0.2, -0.15) is 0 Å². The Morgan fingerprint density at radius 2 is 2.26 bits per heavy atom. The van der Waals surface area contributed by atoms with Crippen molar-refractivity contribution < 1.29 is 4.79 Å². The van der Waals surface area contributed by atoms with Crippen LogP contribution in [-0.4, -0.2) is 16.8 Å². The van der Waals surface area contributed by atoms with E-state index in [4.69, 9.17) is 11.6 Å². The number of carbonyl (C=O) groups is 1. The molecule has 2 heterocycles. The van der Waals surface area contributed by atoms with Crippen LogP contribution >= 0.6 is 11.6 Å². The van der Waals surface area contributed by atoms with Crippen molar-refractivity contribution in [1.82, 2.24) is 4.90 Å². The zero-order chi connectivity index (χ0) is 13.6. The van der Waals surface area contributed by atoms with Crippen molar-refractivity contribution in [2.75, 3.05) is 0 Å². The van der Waals surface area contributed by atoms with Gasteiger partial charge in [-0.25, -0.2) is 0 Å². The van der Waals surface area contributed by atoms with Gasteiger partial charge in [-0.05, 0) is 43.9 Å². The minimum Gasteiger partial charge on any atom is -0.326 e. The molecule has 0 N–H and O–H groups in total. The molecule has 0 aliphatic carbocycles. The lowest BCUT2D eigenvalue weighted by Gasteiger charge is -2.36. The van der Waals surface area contributed by atoms with Crippen LogP contribution < -0.4 is 0 Å². The standard InChI is InChI=1S/C16H18ClNO/c1-11(2)14-6-8-16(9-7-15(19)18(14)16)12-4-3-5-13(17)10-12/h3-5,10,14H,1,6-9H2,2H3/t14-,16-/m1/s1. The molecule has 19 heavy (non-hydrogen) atoms. The highest BCUT2D eigenvalue weighted by molar-refractivity contribution is 6.30. The highest BCUT2D eigenvalue weighted by Gasteiger charge is 2.53. The third-order valence-corrected chi connectivity index (χ3v) is 4.79. The molecule has 2 nitrogen and oxygen atoms in total. The molecule has 3 heteroatoms. The van der Waals surface area contributed by atoms with Gasteiger partial charge in [0.1, 0.15) is 0 Å². The summed E-state index contributed by atoms with van der Waals surface area (Å²) in [4.78, 5) is 14.4. The quantitative estimate of drug-likeness (QED) is 0.750. The Balaban J connectivity index is 2.08. The fourth-order valence-electron chi connectivity index (χ4n) is 3.69. The predicted octanol–water partition coefficient (Wildman–Crippen LogP) is 3.90. The second-order valence-electron chi connectivity index (χ2n) is 5.71. The van der Waals surface area contributed by atoms with Crippen molar-refractivity contribution in [3.63, 3.8) is 0 Å². The van der Waals surface area contributed by atoms with Crippen LogP contribution in [0.4, 0.5) is 0 Å². The summed E-state index contributed by atoms with van der Waals surface area (Å²) in [6, 6.07) is 8.15. The molecule has 0 bridgehead atoms. The lowest BCUT2D eigenvalue weighted by molar-refractivity contribution is -0.131. The fraction of sp³-hybridized carbons (Fsp3) is 0.438. The van der Waals surface area contributed by atoms with E-state index in [0.29, 0.717) is 6.42 Å². The van der Waals surface area contributed by atoms with E-state index < -0.39 is 0 Å². The molecule has 0 aromatic heterocycles. The van der Waals surface area contributed by atoms with E-state index in [1.807, 2.05) is 25.1 Å². The van der Waals surface area contributed by atoms with Crippen molar-refractivity contribution in [1.29, 1.82) is 0 Å². The Hall–Kier alpha value is -1.28. The van der Waals surface area contributed by atoms with Gasteiger partial charge in [-0.15, -0.1) is 0 Å². The molecule has 2 saturated heterocycles. The minimum atomic E-state index is -0.147. The van der Waals surface area contributed by atoms with Crippen LogP contribution in [0, 0.1) is 0 Å². The van der Waals surface area contributed by atoms with Gasteiger partial charge in [0.05, 0.1) is 11.6 Å². The monoisotopic (exact) mass is 275 g/mol. The third-order valence-electron chi connectivity index (χ3n) is 4.56. The smallest absolute Gasteiger partial charge is 0.223 e. The van der Waals surface area contributed by atoms with Crippen LogP contribution in [0.1, 0.15) is 38.2 Å². The Bertz CT molecular complexity index is 553. The van der Waals surface area contributed by atoms with E-state index in [1.165, 1.54) is 5.56 Å². The van der Waals surface area contributed by atoms with E-state index in [0.717, 1.165) is 29.9 Å². The van der Waals surface area contributed by atoms with E-state index in [-0.39, 0.29) is 17.5 Å². The van der Waals surface area contributed by atoms with Gasteiger partial charge in [0, 0.05) is 11.4 Å². The van der Waals surface area contributed by atoms with Crippen molar-refractivity contribution in [3.05, 3.63) is 47.0 Å². The SMILES string of the molecule is C=C(C)[C@H]1CC[C@]2(c3cccc(Cl)c3)CCC(=O)N12. The van der Waals surface area contributed by atoms with Gasteiger partial charge in [0.25, 0.3) is 0 Å². The highest BCUT2D eigenvalue weighted by atomic mass is 35.5. The summed E-state index contributed by atoms with van der Waals surface area (Å²) in [5, 5.41) is 0.741. The molecule has 0 unspecified atom stereocenters. The number of carbonyl (C=O) groups excluding carboxylic acids is 1. The Morgan fingerprint density at radius 1 is 1.47 bits per heavy atom. The Morgan fingerprint density at radius 3 is 2.95 bits per heavy atom. The number of hydrogen-bond acceptors (Lipinski definition) is 1. The van der Waals surface area contributed by atoms with Crippen LogP contribution in [0.2, 0.25) is 5.02 Å². The number of fused-ring (bicyclic) bond motifs is 1. The largest absolute Gasteiger partial charge is 0.326 e. The van der Waals surface area contributed by atoms with Gasteiger partial charge in [0.2, 0.25) is 5.91 Å². The fourth-order valence-corrected chi connectivity index (χ4v) is 3.88. The van der Waals surface area contributed by atoms with Gasteiger partial charge >= 0.3 is 0 Å².